The van der Waals surface area contributed by atoms with Crippen molar-refractivity contribution < 1.29 is 0 Å². The van der Waals surface area contributed by atoms with Crippen molar-refractivity contribution >= 4 is 8.07 Å². The lowest BCUT2D eigenvalue weighted by Crippen LogP contribution is -2.32. The molecule has 0 saturated carbocycles. The van der Waals surface area contributed by atoms with Crippen molar-refractivity contribution in [1.29, 1.82) is 0 Å². The van der Waals surface area contributed by atoms with Crippen LogP contribution in [0.25, 0.3) is 0 Å². The molecule has 0 aromatic carbocycles. The van der Waals surface area contributed by atoms with E-state index in [0.29, 0.717) is 0 Å². The normalized spacial score (nSPS) is 13.0. The molecule has 0 amide bonds. The fourth-order valence-electron chi connectivity index (χ4n) is 1.54. The van der Waals surface area contributed by atoms with Gasteiger partial charge in [0.15, 0.2) is 0 Å². The molecule has 0 heterocycles. The second-order valence-corrected chi connectivity index (χ2v) is 9.95. The molecular weight excluding hydrogens is 186 g/mol. The van der Waals surface area contributed by atoms with Crippen LogP contribution in [0.15, 0.2) is 12.2 Å². The van der Waals surface area contributed by atoms with Gasteiger partial charge in [0.1, 0.15) is 0 Å². The van der Waals surface area contributed by atoms with Crippen LogP contribution in [0.3, 0.4) is 0 Å². The molecule has 0 aromatic rings. The Morgan fingerprint density at radius 3 is 2.14 bits per heavy atom. The van der Waals surface area contributed by atoms with Crippen LogP contribution in [0.5, 0.6) is 0 Å². The third kappa shape index (κ3) is 6.38. The molecule has 0 unspecified atom stereocenters. The molecule has 84 valence electrons. The Kier molecular flexibility index (Phi) is 7.20. The van der Waals surface area contributed by atoms with Crippen LogP contribution in [0.2, 0.25) is 25.2 Å². The highest BCUT2D eigenvalue weighted by Gasteiger charge is 2.19. The van der Waals surface area contributed by atoms with Gasteiger partial charge in [-0.1, -0.05) is 39.1 Å². The van der Waals surface area contributed by atoms with Gasteiger partial charge in [-0.05, 0) is 38.6 Å². The molecule has 2 heteroatoms. The average Bonchev–Trinajstić information content (AvgIpc) is 2.16. The Hall–Kier alpha value is -0.0831. The average molecular weight is 213 g/mol. The molecule has 0 rings (SSSR count). The standard InChI is InChI=1S/C12H27NSi/c1-6-9-11-14(4,5)12-10-13(7-2)8-3/h6,9H,7-8,10-12H2,1-5H3. The minimum Gasteiger partial charge on any atom is -0.304 e. The Morgan fingerprint density at radius 1 is 1.14 bits per heavy atom. The molecule has 0 radical (unpaired) electrons. The lowest BCUT2D eigenvalue weighted by atomic mass is 10.5. The summed E-state index contributed by atoms with van der Waals surface area (Å²) in [5.74, 6) is 0. The summed E-state index contributed by atoms with van der Waals surface area (Å²) < 4.78 is 0. The van der Waals surface area contributed by atoms with Gasteiger partial charge in [0.25, 0.3) is 0 Å². The zero-order valence-corrected chi connectivity index (χ0v) is 11.6. The molecule has 0 aliphatic heterocycles. The smallest absolute Gasteiger partial charge is 0.0523 e. The number of nitrogens with zero attached hydrogens (tertiary/aromatic N) is 1. The van der Waals surface area contributed by atoms with Gasteiger partial charge in [-0.15, -0.1) is 0 Å². The molecule has 0 N–H and O–H groups in total. The summed E-state index contributed by atoms with van der Waals surface area (Å²) in [6, 6.07) is 2.77. The molecule has 0 aromatic heterocycles. The van der Waals surface area contributed by atoms with Crippen LogP contribution < -0.4 is 0 Å². The molecular formula is C12H27NSi. The summed E-state index contributed by atoms with van der Waals surface area (Å²) in [6.07, 6.45) is 4.53. The monoisotopic (exact) mass is 213 g/mol. The van der Waals surface area contributed by atoms with Gasteiger partial charge in [0, 0.05) is 0 Å². The zero-order valence-electron chi connectivity index (χ0n) is 10.6. The maximum Gasteiger partial charge on any atom is 0.0523 e. The Morgan fingerprint density at radius 2 is 1.71 bits per heavy atom. The topological polar surface area (TPSA) is 3.24 Å². The summed E-state index contributed by atoms with van der Waals surface area (Å²) in [5, 5.41) is 0. The molecule has 14 heavy (non-hydrogen) atoms. The maximum absolute atomic E-state index is 2.53. The Labute approximate surface area is 91.2 Å². The van der Waals surface area contributed by atoms with Crippen LogP contribution in [-0.4, -0.2) is 32.6 Å². The number of hydrogen-bond acceptors (Lipinski definition) is 1. The van der Waals surface area contributed by atoms with Crippen molar-refractivity contribution in [3.8, 4) is 0 Å². The van der Waals surface area contributed by atoms with E-state index in [-0.39, 0.29) is 0 Å². The van der Waals surface area contributed by atoms with Crippen LogP contribution in [0.1, 0.15) is 20.8 Å². The zero-order chi connectivity index (χ0) is 11.0. The molecule has 0 fully saturated rings. The van der Waals surface area contributed by atoms with Crippen LogP contribution in [0, 0.1) is 0 Å². The Bertz CT molecular complexity index is 160. The number of allylic oxidation sites excluding steroid dienone is 2. The maximum atomic E-state index is 2.53. The van der Waals surface area contributed by atoms with Gasteiger partial charge in [-0.25, -0.2) is 0 Å². The molecule has 0 bridgehead atoms. The first-order valence-corrected chi connectivity index (χ1v) is 9.30. The van der Waals surface area contributed by atoms with Gasteiger partial charge >= 0.3 is 0 Å². The Balaban J connectivity index is 3.84. The van der Waals surface area contributed by atoms with Gasteiger partial charge < -0.3 is 4.90 Å². The van der Waals surface area contributed by atoms with E-state index >= 15 is 0 Å². The minimum absolute atomic E-state index is 0.948. The van der Waals surface area contributed by atoms with E-state index < -0.39 is 8.07 Å². The lowest BCUT2D eigenvalue weighted by Gasteiger charge is -2.25. The van der Waals surface area contributed by atoms with E-state index in [1.165, 1.54) is 31.7 Å². The van der Waals surface area contributed by atoms with E-state index in [1.807, 2.05) is 0 Å². The van der Waals surface area contributed by atoms with Crippen molar-refractivity contribution in [2.45, 2.75) is 46.0 Å². The quantitative estimate of drug-likeness (QED) is 0.461. The van der Waals surface area contributed by atoms with Crippen LogP contribution in [-0.2, 0) is 0 Å². The molecule has 0 aliphatic carbocycles. The summed E-state index contributed by atoms with van der Waals surface area (Å²) in [4.78, 5) is 2.53. The van der Waals surface area contributed by atoms with Gasteiger partial charge in [-0.3, -0.25) is 0 Å². The summed E-state index contributed by atoms with van der Waals surface area (Å²) in [7, 11) is -0.948. The van der Waals surface area contributed by atoms with E-state index in [1.54, 1.807) is 0 Å². The summed E-state index contributed by atoms with van der Waals surface area (Å²) in [6.45, 7) is 15.3. The third-order valence-corrected chi connectivity index (χ3v) is 5.82. The number of rotatable bonds is 7. The van der Waals surface area contributed by atoms with Crippen molar-refractivity contribution in [2.24, 2.45) is 0 Å². The first-order chi connectivity index (χ1) is 6.55. The van der Waals surface area contributed by atoms with E-state index in [9.17, 15) is 0 Å². The van der Waals surface area contributed by atoms with Crippen LogP contribution in [0.4, 0.5) is 0 Å². The molecule has 0 spiro atoms. The molecule has 0 saturated heterocycles. The fourth-order valence-corrected chi connectivity index (χ4v) is 3.54. The largest absolute Gasteiger partial charge is 0.304 e. The number of hydrogen-bond donors (Lipinski definition) is 0. The molecule has 0 aliphatic rings. The highest BCUT2D eigenvalue weighted by atomic mass is 28.3. The van der Waals surface area contributed by atoms with Crippen LogP contribution >= 0.6 is 0 Å². The van der Waals surface area contributed by atoms with Gasteiger partial charge in [0.05, 0.1) is 8.07 Å². The van der Waals surface area contributed by atoms with Gasteiger partial charge in [-0.2, -0.15) is 0 Å². The highest BCUT2D eigenvalue weighted by Crippen LogP contribution is 2.16. The fraction of sp³-hybridized carbons (Fsp3) is 0.833. The highest BCUT2D eigenvalue weighted by molar-refractivity contribution is 6.77. The predicted molar refractivity (Wildman–Crippen MR) is 69.7 cm³/mol. The first-order valence-electron chi connectivity index (χ1n) is 5.89. The molecule has 1 nitrogen and oxygen atoms in total. The van der Waals surface area contributed by atoms with E-state index in [2.05, 4.69) is 50.9 Å². The van der Waals surface area contributed by atoms with Crippen molar-refractivity contribution in [3.05, 3.63) is 12.2 Å². The summed E-state index contributed by atoms with van der Waals surface area (Å²) in [5.41, 5.74) is 0. The minimum atomic E-state index is -0.948. The first kappa shape index (κ1) is 13.9. The van der Waals surface area contributed by atoms with Crippen molar-refractivity contribution in [3.63, 3.8) is 0 Å². The van der Waals surface area contributed by atoms with Gasteiger partial charge in [0.2, 0.25) is 0 Å². The lowest BCUT2D eigenvalue weighted by molar-refractivity contribution is 0.319. The van der Waals surface area contributed by atoms with Crippen molar-refractivity contribution in [1.82, 2.24) is 4.90 Å². The predicted octanol–water partition coefficient (Wildman–Crippen LogP) is 3.61. The third-order valence-electron chi connectivity index (χ3n) is 2.91. The SMILES string of the molecule is CC=CC[Si](C)(C)CCN(CC)CC. The van der Waals surface area contributed by atoms with E-state index in [4.69, 9.17) is 0 Å². The summed E-state index contributed by atoms with van der Waals surface area (Å²) >= 11 is 0. The van der Waals surface area contributed by atoms with Crippen molar-refractivity contribution in [2.75, 3.05) is 19.6 Å². The second-order valence-electron chi connectivity index (χ2n) is 4.71. The van der Waals surface area contributed by atoms with E-state index in [0.717, 1.165) is 0 Å². The molecule has 0 atom stereocenters. The second kappa shape index (κ2) is 7.24.